The Hall–Kier alpha value is -1.31. The SMILES string of the molecule is CC(C)C.CCC(C)C.c1cnc2[nH]ccc2c1. The molecule has 0 saturated heterocycles. The van der Waals surface area contributed by atoms with Gasteiger partial charge in [0, 0.05) is 17.8 Å². The molecule has 2 aromatic heterocycles. The summed E-state index contributed by atoms with van der Waals surface area (Å²) in [7, 11) is 0. The molecule has 1 N–H and O–H groups in total. The zero-order chi connectivity index (χ0) is 14.0. The molecule has 0 saturated carbocycles. The van der Waals surface area contributed by atoms with Crippen molar-refractivity contribution in [3.05, 3.63) is 30.6 Å². The van der Waals surface area contributed by atoms with Crippen molar-refractivity contribution in [2.45, 2.75) is 48.0 Å². The molecule has 0 radical (unpaired) electrons. The highest BCUT2D eigenvalue weighted by molar-refractivity contribution is 5.74. The number of pyridine rings is 1. The Bertz CT molecular complexity index is 369. The Balaban J connectivity index is 0.000000278. The molecular weight excluding hydrogens is 220 g/mol. The molecule has 2 rings (SSSR count). The van der Waals surface area contributed by atoms with E-state index in [1.54, 1.807) is 6.20 Å². The number of nitrogens with one attached hydrogen (secondary N) is 1. The van der Waals surface area contributed by atoms with Gasteiger partial charge in [-0.05, 0) is 30.0 Å². The van der Waals surface area contributed by atoms with Gasteiger partial charge in [0.05, 0.1) is 0 Å². The highest BCUT2D eigenvalue weighted by Gasteiger charge is 1.88. The Morgan fingerprint density at radius 2 is 1.67 bits per heavy atom. The Kier molecular flexibility index (Phi) is 8.99. The van der Waals surface area contributed by atoms with Crippen LogP contribution in [-0.2, 0) is 0 Å². The Morgan fingerprint density at radius 1 is 1.11 bits per heavy atom. The molecule has 0 aromatic carbocycles. The Labute approximate surface area is 112 Å². The first-order valence-electron chi connectivity index (χ1n) is 6.85. The number of aromatic nitrogens is 2. The molecule has 0 atom stereocenters. The van der Waals surface area contributed by atoms with E-state index in [1.807, 2.05) is 24.4 Å². The van der Waals surface area contributed by atoms with Gasteiger partial charge in [0.2, 0.25) is 0 Å². The number of hydrogen-bond donors (Lipinski definition) is 1. The molecule has 0 aliphatic rings. The second kappa shape index (κ2) is 9.69. The van der Waals surface area contributed by atoms with Crippen LogP contribution in [0.1, 0.15) is 48.0 Å². The number of fused-ring (bicyclic) bond motifs is 1. The smallest absolute Gasteiger partial charge is 0.137 e. The van der Waals surface area contributed by atoms with Crippen molar-refractivity contribution in [1.82, 2.24) is 9.97 Å². The molecule has 0 bridgehead atoms. The number of hydrogen-bond acceptors (Lipinski definition) is 1. The molecular formula is C16H28N2. The van der Waals surface area contributed by atoms with Gasteiger partial charge in [-0.2, -0.15) is 0 Å². The summed E-state index contributed by atoms with van der Waals surface area (Å²) < 4.78 is 0. The van der Waals surface area contributed by atoms with Crippen LogP contribution in [0.5, 0.6) is 0 Å². The molecule has 18 heavy (non-hydrogen) atoms. The van der Waals surface area contributed by atoms with Gasteiger partial charge in [-0.1, -0.05) is 48.0 Å². The van der Waals surface area contributed by atoms with Crippen molar-refractivity contribution in [2.75, 3.05) is 0 Å². The van der Waals surface area contributed by atoms with E-state index in [-0.39, 0.29) is 0 Å². The second-order valence-electron chi connectivity index (χ2n) is 5.45. The third kappa shape index (κ3) is 8.80. The maximum absolute atomic E-state index is 4.09. The van der Waals surface area contributed by atoms with Crippen molar-refractivity contribution in [1.29, 1.82) is 0 Å². The lowest BCUT2D eigenvalue weighted by Crippen LogP contribution is -1.77. The molecule has 0 spiro atoms. The zero-order valence-corrected chi connectivity index (χ0v) is 12.7. The summed E-state index contributed by atoms with van der Waals surface area (Å²) in [5.41, 5.74) is 0.956. The standard InChI is InChI=1S/C7H6N2.C5H12.C4H10/c1-2-6-3-5-9-7(6)8-4-1;1-4-5(2)3;1-4(2)3/h1-5H,(H,8,9);5H,4H2,1-3H3;4H,1-3H3. The quantitative estimate of drug-likeness (QED) is 0.731. The predicted molar refractivity (Wildman–Crippen MR) is 81.7 cm³/mol. The average molecular weight is 248 g/mol. The first-order chi connectivity index (χ1) is 8.47. The fourth-order valence-electron chi connectivity index (χ4n) is 0.883. The summed E-state index contributed by atoms with van der Waals surface area (Å²) >= 11 is 0. The van der Waals surface area contributed by atoms with Gasteiger partial charge in [0.15, 0.2) is 0 Å². The number of nitrogens with zero attached hydrogens (tertiary/aromatic N) is 1. The minimum atomic E-state index is 0.833. The van der Waals surface area contributed by atoms with E-state index in [4.69, 9.17) is 0 Å². The molecule has 2 heteroatoms. The zero-order valence-electron chi connectivity index (χ0n) is 12.7. The van der Waals surface area contributed by atoms with Crippen LogP contribution in [0, 0.1) is 11.8 Å². The van der Waals surface area contributed by atoms with E-state index in [0.29, 0.717) is 0 Å². The molecule has 0 amide bonds. The van der Waals surface area contributed by atoms with Crippen LogP contribution in [-0.4, -0.2) is 9.97 Å². The summed E-state index contributed by atoms with van der Waals surface area (Å²) in [5, 5.41) is 1.16. The van der Waals surface area contributed by atoms with Crippen molar-refractivity contribution in [3.8, 4) is 0 Å². The normalized spacial score (nSPS) is 9.78. The van der Waals surface area contributed by atoms with Crippen LogP contribution in [0.15, 0.2) is 30.6 Å². The van der Waals surface area contributed by atoms with Crippen LogP contribution in [0.25, 0.3) is 11.0 Å². The van der Waals surface area contributed by atoms with Crippen LogP contribution in [0.4, 0.5) is 0 Å². The van der Waals surface area contributed by atoms with Gasteiger partial charge in [-0.25, -0.2) is 4.98 Å². The molecule has 0 unspecified atom stereocenters. The highest BCUT2D eigenvalue weighted by Crippen LogP contribution is 2.05. The molecule has 0 aliphatic carbocycles. The molecule has 2 heterocycles. The third-order valence-corrected chi connectivity index (χ3v) is 2.14. The number of aromatic amines is 1. The van der Waals surface area contributed by atoms with Crippen molar-refractivity contribution in [3.63, 3.8) is 0 Å². The lowest BCUT2D eigenvalue weighted by Gasteiger charge is -1.90. The maximum Gasteiger partial charge on any atom is 0.137 e. The van der Waals surface area contributed by atoms with E-state index in [1.165, 1.54) is 6.42 Å². The lowest BCUT2D eigenvalue weighted by molar-refractivity contribution is 0.626. The van der Waals surface area contributed by atoms with Crippen LogP contribution >= 0.6 is 0 Å². The van der Waals surface area contributed by atoms with Gasteiger partial charge < -0.3 is 4.98 Å². The van der Waals surface area contributed by atoms with Gasteiger partial charge in [-0.15, -0.1) is 0 Å². The van der Waals surface area contributed by atoms with Crippen LogP contribution in [0.3, 0.4) is 0 Å². The van der Waals surface area contributed by atoms with Gasteiger partial charge in [0.1, 0.15) is 5.65 Å². The number of H-pyrrole nitrogens is 1. The monoisotopic (exact) mass is 248 g/mol. The summed E-state index contributed by atoms with van der Waals surface area (Å²) in [6.07, 6.45) is 4.97. The average Bonchev–Trinajstić information content (AvgIpc) is 2.77. The molecule has 2 aromatic rings. The largest absolute Gasteiger partial charge is 0.346 e. The second-order valence-corrected chi connectivity index (χ2v) is 5.45. The summed E-state index contributed by atoms with van der Waals surface area (Å²) in [6, 6.07) is 5.96. The first kappa shape index (κ1) is 16.7. The summed E-state index contributed by atoms with van der Waals surface area (Å²) in [4.78, 5) is 7.09. The topological polar surface area (TPSA) is 28.7 Å². The Morgan fingerprint density at radius 3 is 2.11 bits per heavy atom. The van der Waals surface area contributed by atoms with E-state index in [9.17, 15) is 0 Å². The van der Waals surface area contributed by atoms with Crippen molar-refractivity contribution >= 4 is 11.0 Å². The molecule has 102 valence electrons. The van der Waals surface area contributed by atoms with E-state index < -0.39 is 0 Å². The van der Waals surface area contributed by atoms with Gasteiger partial charge in [0.25, 0.3) is 0 Å². The fourth-order valence-corrected chi connectivity index (χ4v) is 0.883. The predicted octanol–water partition coefficient (Wildman–Crippen LogP) is 5.28. The number of rotatable bonds is 1. The lowest BCUT2D eigenvalue weighted by atomic mass is 10.2. The fraction of sp³-hybridized carbons (Fsp3) is 0.562. The first-order valence-corrected chi connectivity index (χ1v) is 6.85. The molecule has 0 fully saturated rings. The van der Waals surface area contributed by atoms with E-state index >= 15 is 0 Å². The van der Waals surface area contributed by atoms with E-state index in [2.05, 4.69) is 51.5 Å². The highest BCUT2D eigenvalue weighted by atomic mass is 14.8. The third-order valence-electron chi connectivity index (χ3n) is 2.14. The van der Waals surface area contributed by atoms with Gasteiger partial charge >= 0.3 is 0 Å². The summed E-state index contributed by atoms with van der Waals surface area (Å²) in [6.45, 7) is 13.1. The summed E-state index contributed by atoms with van der Waals surface area (Å²) in [5.74, 6) is 1.72. The molecule has 2 nitrogen and oxygen atoms in total. The van der Waals surface area contributed by atoms with Crippen LogP contribution < -0.4 is 0 Å². The molecule has 0 aliphatic heterocycles. The van der Waals surface area contributed by atoms with Gasteiger partial charge in [-0.3, -0.25) is 0 Å². The van der Waals surface area contributed by atoms with Crippen LogP contribution in [0.2, 0.25) is 0 Å². The maximum atomic E-state index is 4.09. The minimum absolute atomic E-state index is 0.833. The van der Waals surface area contributed by atoms with Crippen molar-refractivity contribution < 1.29 is 0 Å². The minimum Gasteiger partial charge on any atom is -0.346 e. The van der Waals surface area contributed by atoms with E-state index in [0.717, 1.165) is 22.9 Å². The van der Waals surface area contributed by atoms with Crippen molar-refractivity contribution in [2.24, 2.45) is 11.8 Å².